The van der Waals surface area contributed by atoms with E-state index >= 15 is 0 Å². The zero-order valence-corrected chi connectivity index (χ0v) is 18.9. The second kappa shape index (κ2) is 10.5. The summed E-state index contributed by atoms with van der Waals surface area (Å²) < 4.78 is 10.6. The van der Waals surface area contributed by atoms with Crippen molar-refractivity contribution in [2.24, 2.45) is 5.73 Å². The molecule has 3 N–H and O–H groups in total. The summed E-state index contributed by atoms with van der Waals surface area (Å²) in [5.74, 6) is 1.62. The smallest absolute Gasteiger partial charge is 0.230 e. The first-order valence-corrected chi connectivity index (χ1v) is 9.57. The Morgan fingerprint density at radius 2 is 1.55 bits per heavy atom. The number of benzene rings is 2. The molecule has 0 aliphatic rings. The fourth-order valence-corrected chi connectivity index (χ4v) is 3.03. The molecule has 0 fully saturated rings. The van der Waals surface area contributed by atoms with Crippen LogP contribution in [0.15, 0.2) is 42.5 Å². The molecule has 1 atom stereocenters. The van der Waals surface area contributed by atoms with Crippen LogP contribution in [0.25, 0.3) is 0 Å². The van der Waals surface area contributed by atoms with Crippen molar-refractivity contribution in [3.63, 3.8) is 0 Å². The maximum absolute atomic E-state index is 12.9. The third-order valence-corrected chi connectivity index (χ3v) is 5.19. The summed E-state index contributed by atoms with van der Waals surface area (Å²) in [6.07, 6.45) is 0. The molecular formula is C23H33ClN2O3. The van der Waals surface area contributed by atoms with Gasteiger partial charge >= 0.3 is 0 Å². The molecule has 0 radical (unpaired) electrons. The van der Waals surface area contributed by atoms with Gasteiger partial charge in [0.15, 0.2) is 11.5 Å². The molecule has 2 aromatic carbocycles. The minimum atomic E-state index is -0.735. The number of nitrogens with two attached hydrogens (primary N) is 1. The fraction of sp³-hybridized carbons (Fsp3) is 0.435. The van der Waals surface area contributed by atoms with Gasteiger partial charge < -0.3 is 20.5 Å². The highest BCUT2D eigenvalue weighted by Gasteiger charge is 2.31. The van der Waals surface area contributed by atoms with Crippen LogP contribution in [-0.2, 0) is 10.2 Å². The summed E-state index contributed by atoms with van der Waals surface area (Å²) >= 11 is 0. The van der Waals surface area contributed by atoms with E-state index in [1.165, 1.54) is 5.56 Å². The Bertz CT molecular complexity index is 804. The Labute approximate surface area is 180 Å². The standard InChI is InChI=1S/C23H32N2O3.ClH/c1-15(2)16-7-9-17(10-8-16)19(24)14-25-22(26)23(3,4)18-11-12-20(27-5)21(13-18)28-6;/h7-13,15,19H,14,24H2,1-6H3,(H,25,26);1H. The van der Waals surface area contributed by atoms with Crippen LogP contribution in [0.4, 0.5) is 0 Å². The highest BCUT2D eigenvalue weighted by atomic mass is 35.5. The van der Waals surface area contributed by atoms with Crippen molar-refractivity contribution in [2.45, 2.75) is 45.1 Å². The van der Waals surface area contributed by atoms with Gasteiger partial charge in [0.25, 0.3) is 0 Å². The average molecular weight is 421 g/mol. The van der Waals surface area contributed by atoms with Crippen molar-refractivity contribution < 1.29 is 14.3 Å². The van der Waals surface area contributed by atoms with Gasteiger partial charge in [-0.2, -0.15) is 0 Å². The molecule has 2 aromatic rings. The van der Waals surface area contributed by atoms with Crippen molar-refractivity contribution in [1.82, 2.24) is 5.32 Å². The summed E-state index contributed by atoms with van der Waals surface area (Å²) in [4.78, 5) is 12.9. The minimum absolute atomic E-state index is 0. The molecule has 0 heterocycles. The first-order valence-electron chi connectivity index (χ1n) is 9.57. The molecule has 0 spiro atoms. The van der Waals surface area contributed by atoms with Crippen LogP contribution in [0.3, 0.4) is 0 Å². The van der Waals surface area contributed by atoms with Crippen LogP contribution in [0.5, 0.6) is 11.5 Å². The van der Waals surface area contributed by atoms with Gasteiger partial charge in [0.05, 0.1) is 19.6 Å². The van der Waals surface area contributed by atoms with Gasteiger partial charge in [0.2, 0.25) is 5.91 Å². The summed E-state index contributed by atoms with van der Waals surface area (Å²) in [5.41, 5.74) is 8.67. The number of hydrogen-bond donors (Lipinski definition) is 2. The fourth-order valence-electron chi connectivity index (χ4n) is 3.03. The zero-order chi connectivity index (χ0) is 20.9. The van der Waals surface area contributed by atoms with Gasteiger partial charge in [0, 0.05) is 12.6 Å². The Balaban J connectivity index is 0.00000420. The number of amides is 1. The van der Waals surface area contributed by atoms with E-state index in [1.807, 2.05) is 44.2 Å². The normalized spacial score (nSPS) is 12.1. The number of carbonyl (C=O) groups excluding carboxylic acids is 1. The second-order valence-electron chi connectivity index (χ2n) is 7.83. The third kappa shape index (κ3) is 5.87. The maximum atomic E-state index is 12.9. The van der Waals surface area contributed by atoms with Crippen LogP contribution >= 0.6 is 12.4 Å². The summed E-state index contributed by atoms with van der Waals surface area (Å²) in [6.45, 7) is 8.45. The van der Waals surface area contributed by atoms with Gasteiger partial charge in [-0.25, -0.2) is 0 Å². The van der Waals surface area contributed by atoms with E-state index < -0.39 is 5.41 Å². The number of carbonyl (C=O) groups is 1. The Morgan fingerprint density at radius 3 is 2.07 bits per heavy atom. The van der Waals surface area contributed by atoms with Gasteiger partial charge in [-0.05, 0) is 48.6 Å². The average Bonchev–Trinajstić information content (AvgIpc) is 2.70. The van der Waals surface area contributed by atoms with Gasteiger partial charge in [0.1, 0.15) is 0 Å². The van der Waals surface area contributed by atoms with E-state index in [0.717, 1.165) is 11.1 Å². The molecular weight excluding hydrogens is 388 g/mol. The molecule has 0 aromatic heterocycles. The number of nitrogens with one attached hydrogen (secondary N) is 1. The van der Waals surface area contributed by atoms with Crippen molar-refractivity contribution >= 4 is 18.3 Å². The van der Waals surface area contributed by atoms with E-state index in [0.29, 0.717) is 24.0 Å². The second-order valence-corrected chi connectivity index (χ2v) is 7.83. The molecule has 6 heteroatoms. The summed E-state index contributed by atoms with van der Waals surface area (Å²) in [7, 11) is 3.17. The molecule has 0 aliphatic carbocycles. The van der Waals surface area contributed by atoms with E-state index in [1.54, 1.807) is 14.2 Å². The molecule has 0 saturated carbocycles. The van der Waals surface area contributed by atoms with Crippen LogP contribution < -0.4 is 20.5 Å². The number of methoxy groups -OCH3 is 2. The van der Waals surface area contributed by atoms with Crippen LogP contribution in [-0.4, -0.2) is 26.7 Å². The van der Waals surface area contributed by atoms with Gasteiger partial charge in [-0.3, -0.25) is 4.79 Å². The number of halogens is 1. The lowest BCUT2D eigenvalue weighted by molar-refractivity contribution is -0.125. The molecule has 2 rings (SSSR count). The van der Waals surface area contributed by atoms with E-state index in [4.69, 9.17) is 15.2 Å². The van der Waals surface area contributed by atoms with Crippen LogP contribution in [0, 0.1) is 0 Å². The van der Waals surface area contributed by atoms with Crippen LogP contribution in [0.1, 0.15) is 56.3 Å². The molecule has 160 valence electrons. The Hall–Kier alpha value is -2.24. The molecule has 0 saturated heterocycles. The predicted octanol–water partition coefficient (Wildman–Crippen LogP) is 4.34. The quantitative estimate of drug-likeness (QED) is 0.666. The number of hydrogen-bond acceptors (Lipinski definition) is 4. The van der Waals surface area contributed by atoms with E-state index in [2.05, 4.69) is 31.3 Å². The maximum Gasteiger partial charge on any atom is 0.230 e. The Kier molecular flexibility index (Phi) is 8.99. The van der Waals surface area contributed by atoms with Crippen molar-refractivity contribution in [1.29, 1.82) is 0 Å². The molecule has 5 nitrogen and oxygen atoms in total. The molecule has 29 heavy (non-hydrogen) atoms. The highest BCUT2D eigenvalue weighted by Crippen LogP contribution is 2.33. The van der Waals surface area contributed by atoms with Crippen molar-refractivity contribution in [2.75, 3.05) is 20.8 Å². The Morgan fingerprint density at radius 1 is 1.00 bits per heavy atom. The van der Waals surface area contributed by atoms with Gasteiger partial charge in [-0.15, -0.1) is 12.4 Å². The lowest BCUT2D eigenvalue weighted by Crippen LogP contribution is -2.42. The predicted molar refractivity (Wildman–Crippen MR) is 120 cm³/mol. The molecule has 1 unspecified atom stereocenters. The van der Waals surface area contributed by atoms with E-state index in [-0.39, 0.29) is 24.4 Å². The number of ether oxygens (including phenoxy) is 2. The third-order valence-electron chi connectivity index (χ3n) is 5.19. The SMILES string of the molecule is COc1ccc(C(C)(C)C(=O)NCC(N)c2ccc(C(C)C)cc2)cc1OC.Cl. The largest absolute Gasteiger partial charge is 0.493 e. The summed E-state index contributed by atoms with van der Waals surface area (Å²) in [5, 5.41) is 2.99. The number of rotatable bonds is 8. The summed E-state index contributed by atoms with van der Waals surface area (Å²) in [6, 6.07) is 13.5. The first-order chi connectivity index (χ1) is 13.2. The lowest BCUT2D eigenvalue weighted by atomic mass is 9.83. The van der Waals surface area contributed by atoms with Crippen LogP contribution in [0.2, 0.25) is 0 Å². The molecule has 0 bridgehead atoms. The topological polar surface area (TPSA) is 73.6 Å². The minimum Gasteiger partial charge on any atom is -0.493 e. The lowest BCUT2D eigenvalue weighted by Gasteiger charge is -2.26. The monoisotopic (exact) mass is 420 g/mol. The van der Waals surface area contributed by atoms with Gasteiger partial charge in [-0.1, -0.05) is 44.2 Å². The highest BCUT2D eigenvalue weighted by molar-refractivity contribution is 5.87. The van der Waals surface area contributed by atoms with Crippen molar-refractivity contribution in [3.8, 4) is 11.5 Å². The molecule has 0 aliphatic heterocycles. The zero-order valence-electron chi connectivity index (χ0n) is 18.1. The molecule has 1 amide bonds. The first kappa shape index (κ1) is 24.8. The van der Waals surface area contributed by atoms with Crippen molar-refractivity contribution in [3.05, 3.63) is 59.2 Å². The van der Waals surface area contributed by atoms with E-state index in [9.17, 15) is 4.79 Å².